The van der Waals surface area contributed by atoms with Crippen molar-refractivity contribution in [1.29, 1.82) is 0 Å². The molecule has 1 aliphatic heterocycles. The third kappa shape index (κ3) is 3.35. The van der Waals surface area contributed by atoms with Gasteiger partial charge in [-0.2, -0.15) is 5.10 Å². The monoisotopic (exact) mass is 467 g/mol. The van der Waals surface area contributed by atoms with Crippen LogP contribution in [0.15, 0.2) is 36.8 Å². The normalized spacial score (nSPS) is 16.8. The zero-order valence-electron chi connectivity index (χ0n) is 18.0. The van der Waals surface area contributed by atoms with Gasteiger partial charge in [-0.15, -0.1) is 0 Å². The molecule has 5 N–H and O–H groups in total. The molecule has 170 valence electrons. The molecule has 1 atom stereocenters. The standard InChI is InChI=1S/C22H22FN7O2S/c1-3-18-17-6-20(29-30(17)10-33(18,31)32)28-19-5-12-4-13(14-7-26-9-16(24)11(14)2)21(23)22(25)15(12)8-27-19/h4-9,18H,3,10,24-25H2,1-2H3,(H,27,28,29). The highest BCUT2D eigenvalue weighted by Gasteiger charge is 2.37. The Hall–Kier alpha value is -3.73. The number of rotatable bonds is 4. The Labute approximate surface area is 189 Å². The van der Waals surface area contributed by atoms with Crippen LogP contribution in [0.5, 0.6) is 0 Å². The lowest BCUT2D eigenvalue weighted by Crippen LogP contribution is -2.07. The molecule has 1 unspecified atom stereocenters. The molecule has 9 nitrogen and oxygen atoms in total. The number of nitrogen functional groups attached to an aromatic ring is 2. The maximum absolute atomic E-state index is 15.1. The Bertz CT molecular complexity index is 1530. The highest BCUT2D eigenvalue weighted by molar-refractivity contribution is 7.90. The van der Waals surface area contributed by atoms with Crippen molar-refractivity contribution in [1.82, 2.24) is 19.7 Å². The van der Waals surface area contributed by atoms with Crippen molar-refractivity contribution < 1.29 is 12.8 Å². The first-order chi connectivity index (χ1) is 15.7. The van der Waals surface area contributed by atoms with E-state index in [4.69, 9.17) is 11.5 Å². The van der Waals surface area contributed by atoms with Gasteiger partial charge in [0.05, 0.1) is 23.3 Å². The number of pyridine rings is 2. The number of halogens is 1. The molecule has 3 aromatic heterocycles. The second kappa shape index (κ2) is 7.41. The van der Waals surface area contributed by atoms with Gasteiger partial charge in [0.15, 0.2) is 21.5 Å². The van der Waals surface area contributed by atoms with Gasteiger partial charge in [0, 0.05) is 35.0 Å². The lowest BCUT2D eigenvalue weighted by atomic mass is 9.97. The van der Waals surface area contributed by atoms with Gasteiger partial charge >= 0.3 is 0 Å². The number of benzene rings is 1. The van der Waals surface area contributed by atoms with E-state index in [0.29, 0.717) is 56.9 Å². The van der Waals surface area contributed by atoms with Gasteiger partial charge < -0.3 is 16.8 Å². The van der Waals surface area contributed by atoms with E-state index in [1.165, 1.54) is 17.1 Å². The largest absolute Gasteiger partial charge is 0.397 e. The molecule has 1 aliphatic rings. The highest BCUT2D eigenvalue weighted by atomic mass is 32.2. The molecule has 0 radical (unpaired) electrons. The fourth-order valence-corrected chi connectivity index (χ4v) is 6.06. The van der Waals surface area contributed by atoms with Crippen LogP contribution in [0.2, 0.25) is 0 Å². The summed E-state index contributed by atoms with van der Waals surface area (Å²) in [4.78, 5) is 8.41. The number of nitrogens with one attached hydrogen (secondary N) is 1. The van der Waals surface area contributed by atoms with Gasteiger partial charge in [0.25, 0.3) is 0 Å². The summed E-state index contributed by atoms with van der Waals surface area (Å²) < 4.78 is 41.1. The van der Waals surface area contributed by atoms with Gasteiger partial charge in [-0.1, -0.05) is 6.92 Å². The van der Waals surface area contributed by atoms with Crippen molar-refractivity contribution >= 4 is 43.6 Å². The number of hydrogen-bond donors (Lipinski definition) is 3. The van der Waals surface area contributed by atoms with Crippen LogP contribution in [0.4, 0.5) is 27.4 Å². The van der Waals surface area contributed by atoms with E-state index in [0.717, 1.165) is 0 Å². The fourth-order valence-electron chi connectivity index (χ4n) is 4.27. The van der Waals surface area contributed by atoms with Gasteiger partial charge in [-0.05, 0) is 36.4 Å². The van der Waals surface area contributed by atoms with E-state index in [-0.39, 0.29) is 11.6 Å². The molecule has 33 heavy (non-hydrogen) atoms. The fraction of sp³-hybridized carbons (Fsp3) is 0.227. The molecule has 0 bridgehead atoms. The molecule has 5 rings (SSSR count). The Balaban J connectivity index is 1.54. The van der Waals surface area contributed by atoms with Crippen LogP contribution in [0.25, 0.3) is 21.9 Å². The molecule has 4 aromatic rings. The van der Waals surface area contributed by atoms with Crippen LogP contribution < -0.4 is 16.8 Å². The Kier molecular flexibility index (Phi) is 4.74. The van der Waals surface area contributed by atoms with E-state index in [1.54, 1.807) is 31.3 Å². The number of nitrogens with zero attached hydrogens (tertiary/aromatic N) is 4. The Morgan fingerprint density at radius 2 is 1.94 bits per heavy atom. The van der Waals surface area contributed by atoms with E-state index in [2.05, 4.69) is 20.4 Å². The molecule has 0 amide bonds. The summed E-state index contributed by atoms with van der Waals surface area (Å²) in [5.41, 5.74) is 14.7. The maximum atomic E-state index is 15.1. The first-order valence-electron chi connectivity index (χ1n) is 10.3. The summed E-state index contributed by atoms with van der Waals surface area (Å²) in [6.07, 6.45) is 5.05. The molecule has 11 heteroatoms. The number of aromatic nitrogens is 4. The van der Waals surface area contributed by atoms with Gasteiger partial charge in [-0.3, -0.25) is 9.67 Å². The van der Waals surface area contributed by atoms with Crippen LogP contribution in [0.1, 0.15) is 29.9 Å². The second-order valence-corrected chi connectivity index (χ2v) is 10.3. The number of fused-ring (bicyclic) bond motifs is 2. The summed E-state index contributed by atoms with van der Waals surface area (Å²) in [5.74, 6) is 0.254. The molecule has 0 saturated carbocycles. The first kappa shape index (κ1) is 21.1. The van der Waals surface area contributed by atoms with Crippen LogP contribution in [-0.2, 0) is 15.7 Å². The minimum absolute atomic E-state index is 0.0136. The molecule has 4 heterocycles. The van der Waals surface area contributed by atoms with E-state index < -0.39 is 20.9 Å². The summed E-state index contributed by atoms with van der Waals surface area (Å²) in [7, 11) is -3.22. The minimum Gasteiger partial charge on any atom is -0.397 e. The second-order valence-electron chi connectivity index (χ2n) is 8.11. The van der Waals surface area contributed by atoms with Gasteiger partial charge in [-0.25, -0.2) is 17.8 Å². The molecule has 0 spiro atoms. The predicted molar refractivity (Wildman–Crippen MR) is 126 cm³/mol. The van der Waals surface area contributed by atoms with Gasteiger partial charge in [0.1, 0.15) is 16.9 Å². The Morgan fingerprint density at radius 1 is 1.15 bits per heavy atom. The zero-order valence-corrected chi connectivity index (χ0v) is 18.8. The van der Waals surface area contributed by atoms with Crippen LogP contribution in [0, 0.1) is 12.7 Å². The molecular weight excluding hydrogens is 445 g/mol. The molecule has 0 aliphatic carbocycles. The minimum atomic E-state index is -3.22. The van der Waals surface area contributed by atoms with E-state index >= 15 is 4.39 Å². The average molecular weight is 468 g/mol. The lowest BCUT2D eigenvalue weighted by molar-refractivity contribution is 0.580. The number of hydrogen-bond acceptors (Lipinski definition) is 8. The Morgan fingerprint density at radius 3 is 2.70 bits per heavy atom. The summed E-state index contributed by atoms with van der Waals surface area (Å²) in [6.45, 7) is 3.63. The van der Waals surface area contributed by atoms with E-state index in [9.17, 15) is 8.42 Å². The van der Waals surface area contributed by atoms with Crippen molar-refractivity contribution in [3.05, 3.63) is 53.9 Å². The third-order valence-corrected chi connectivity index (χ3v) is 8.09. The van der Waals surface area contributed by atoms with Crippen molar-refractivity contribution in [2.45, 2.75) is 31.4 Å². The van der Waals surface area contributed by atoms with E-state index in [1.807, 2.05) is 6.92 Å². The van der Waals surface area contributed by atoms with Crippen molar-refractivity contribution in [2.24, 2.45) is 0 Å². The van der Waals surface area contributed by atoms with Crippen LogP contribution >= 0.6 is 0 Å². The zero-order chi connectivity index (χ0) is 23.5. The molecular formula is C22H22FN7O2S. The molecule has 1 aromatic carbocycles. The SMILES string of the molecule is CCC1c2cc(Nc3cc4cc(-c5cncc(N)c5C)c(F)c(N)c4cn3)nn2CS1(=O)=O. The molecule has 0 fully saturated rings. The average Bonchev–Trinajstić information content (AvgIpc) is 3.24. The first-order valence-corrected chi connectivity index (χ1v) is 12.1. The summed E-state index contributed by atoms with van der Waals surface area (Å²) >= 11 is 0. The summed E-state index contributed by atoms with van der Waals surface area (Å²) in [5, 5.41) is 8.04. The third-order valence-electron chi connectivity index (χ3n) is 6.05. The highest BCUT2D eigenvalue weighted by Crippen LogP contribution is 2.38. The van der Waals surface area contributed by atoms with Gasteiger partial charge in [0.2, 0.25) is 0 Å². The topological polar surface area (TPSA) is 142 Å². The summed E-state index contributed by atoms with van der Waals surface area (Å²) in [6, 6.07) is 5.14. The number of nitrogens with two attached hydrogens (primary N) is 2. The predicted octanol–water partition coefficient (Wildman–Crippen LogP) is 3.69. The van der Waals surface area contributed by atoms with Crippen LogP contribution in [-0.4, -0.2) is 28.2 Å². The quantitative estimate of drug-likeness (QED) is 0.386. The molecule has 0 saturated heterocycles. The number of anilines is 4. The lowest BCUT2D eigenvalue weighted by Gasteiger charge is -2.13. The number of sulfone groups is 1. The van der Waals surface area contributed by atoms with Crippen LogP contribution in [0.3, 0.4) is 0 Å². The smallest absolute Gasteiger partial charge is 0.178 e. The van der Waals surface area contributed by atoms with Crippen molar-refractivity contribution in [3.63, 3.8) is 0 Å². The van der Waals surface area contributed by atoms with Crippen molar-refractivity contribution in [3.8, 4) is 11.1 Å². The van der Waals surface area contributed by atoms with Crippen molar-refractivity contribution in [2.75, 3.05) is 16.8 Å². The maximum Gasteiger partial charge on any atom is 0.178 e.